The molecule has 2 saturated heterocycles. The van der Waals surface area contributed by atoms with E-state index in [0.29, 0.717) is 31.4 Å². The Morgan fingerprint density at radius 2 is 2.00 bits per heavy atom. The smallest absolute Gasteiger partial charge is 0.320 e. The minimum absolute atomic E-state index is 0.0430. The Morgan fingerprint density at radius 3 is 2.71 bits per heavy atom. The topological polar surface area (TPSA) is 82.1 Å². The number of aliphatic hydroxyl groups excluding tert-OH is 1. The molecule has 28 heavy (non-hydrogen) atoms. The molecule has 2 bridgehead atoms. The standard InChI is InChI=1S/C22H30O6/c1-5-26-17-15-20(3,4)9-8-14-22(15,19(25)28-17)13-7-6-12-10-21(13,18(24)27-14)16(23)11(12)2/h12-15,17,19,25H,2,5-10H2,1,3-4H3/t12-,13-,14+,15-,17-,19+,21+,22+/m1/s1. The molecule has 0 unspecified atom stereocenters. The van der Waals surface area contributed by atoms with Crippen molar-refractivity contribution in [2.75, 3.05) is 6.61 Å². The molecule has 6 heteroatoms. The number of allylic oxidation sites excluding steroid dienone is 1. The van der Waals surface area contributed by atoms with Crippen LogP contribution in [-0.4, -0.2) is 42.1 Å². The number of ether oxygens (including phenoxy) is 3. The molecule has 2 heterocycles. The van der Waals surface area contributed by atoms with Crippen molar-refractivity contribution in [1.29, 1.82) is 0 Å². The van der Waals surface area contributed by atoms with Crippen molar-refractivity contribution in [3.63, 3.8) is 0 Å². The van der Waals surface area contributed by atoms with Crippen LogP contribution < -0.4 is 0 Å². The molecule has 1 N–H and O–H groups in total. The highest BCUT2D eigenvalue weighted by Gasteiger charge is 2.80. The Morgan fingerprint density at radius 1 is 1.25 bits per heavy atom. The number of Topliss-reactive ketones (excluding diaryl/α,β-unsaturated/α-hetero) is 1. The van der Waals surface area contributed by atoms with E-state index in [1.165, 1.54) is 0 Å². The summed E-state index contributed by atoms with van der Waals surface area (Å²) in [5.41, 5.74) is -1.65. The molecular weight excluding hydrogens is 360 g/mol. The zero-order valence-corrected chi connectivity index (χ0v) is 16.9. The van der Waals surface area contributed by atoms with E-state index in [2.05, 4.69) is 20.4 Å². The van der Waals surface area contributed by atoms with Crippen molar-refractivity contribution in [1.82, 2.24) is 0 Å². The number of fused-ring (bicyclic) bond motifs is 1. The lowest BCUT2D eigenvalue weighted by Gasteiger charge is -2.62. The van der Waals surface area contributed by atoms with Crippen LogP contribution in [0, 0.1) is 34.0 Å². The average Bonchev–Trinajstić information content (AvgIpc) is 3.04. The van der Waals surface area contributed by atoms with Crippen molar-refractivity contribution in [3.8, 4) is 0 Å². The fraction of sp³-hybridized carbons (Fsp3) is 0.818. The van der Waals surface area contributed by atoms with E-state index < -0.39 is 35.5 Å². The molecule has 0 aromatic heterocycles. The summed E-state index contributed by atoms with van der Waals surface area (Å²) in [7, 11) is 0. The number of hydrogen-bond acceptors (Lipinski definition) is 6. The molecule has 5 rings (SSSR count). The summed E-state index contributed by atoms with van der Waals surface area (Å²) in [6.07, 6.45) is 1.36. The van der Waals surface area contributed by atoms with Crippen LogP contribution in [0.25, 0.3) is 0 Å². The van der Waals surface area contributed by atoms with Crippen molar-refractivity contribution >= 4 is 11.8 Å². The minimum atomic E-state index is -1.21. The van der Waals surface area contributed by atoms with Crippen LogP contribution in [0.1, 0.15) is 52.9 Å². The van der Waals surface area contributed by atoms with Crippen LogP contribution in [0.2, 0.25) is 0 Å². The number of esters is 1. The monoisotopic (exact) mass is 390 g/mol. The Balaban J connectivity index is 1.72. The van der Waals surface area contributed by atoms with Crippen molar-refractivity contribution < 1.29 is 28.9 Å². The van der Waals surface area contributed by atoms with Gasteiger partial charge in [-0.25, -0.2) is 0 Å². The lowest BCUT2D eigenvalue weighted by Crippen LogP contribution is -2.70. The predicted octanol–water partition coefficient (Wildman–Crippen LogP) is 2.59. The number of carbonyl (C=O) groups is 2. The van der Waals surface area contributed by atoms with Gasteiger partial charge in [-0.15, -0.1) is 0 Å². The summed E-state index contributed by atoms with van der Waals surface area (Å²) >= 11 is 0. The van der Waals surface area contributed by atoms with Gasteiger partial charge in [0.2, 0.25) is 0 Å². The maximum Gasteiger partial charge on any atom is 0.320 e. The van der Waals surface area contributed by atoms with Gasteiger partial charge in [0.05, 0.1) is 5.41 Å². The highest BCUT2D eigenvalue weighted by Crippen LogP contribution is 2.72. The molecule has 2 aliphatic heterocycles. The second-order valence-corrected chi connectivity index (χ2v) is 10.1. The number of rotatable bonds is 2. The maximum absolute atomic E-state index is 13.3. The largest absolute Gasteiger partial charge is 0.461 e. The summed E-state index contributed by atoms with van der Waals surface area (Å²) in [4.78, 5) is 26.6. The van der Waals surface area contributed by atoms with Gasteiger partial charge in [-0.2, -0.15) is 0 Å². The number of aliphatic hydroxyl groups is 1. The minimum Gasteiger partial charge on any atom is -0.461 e. The van der Waals surface area contributed by atoms with Crippen molar-refractivity contribution in [2.45, 2.75) is 71.6 Å². The first-order valence-electron chi connectivity index (χ1n) is 10.6. The summed E-state index contributed by atoms with van der Waals surface area (Å²) in [6.45, 7) is 10.7. The molecule has 5 aliphatic rings. The molecule has 5 fully saturated rings. The first-order chi connectivity index (χ1) is 13.2. The Bertz CT molecular complexity index is 758. The van der Waals surface area contributed by atoms with E-state index in [9.17, 15) is 14.7 Å². The van der Waals surface area contributed by atoms with E-state index in [4.69, 9.17) is 14.2 Å². The van der Waals surface area contributed by atoms with Crippen molar-refractivity contribution in [2.24, 2.45) is 34.0 Å². The Labute approximate surface area is 165 Å². The molecule has 6 nitrogen and oxygen atoms in total. The van der Waals surface area contributed by atoms with Crippen LogP contribution in [-0.2, 0) is 23.8 Å². The molecule has 0 aromatic carbocycles. The average molecular weight is 390 g/mol. The van der Waals surface area contributed by atoms with Crippen LogP contribution in [0.15, 0.2) is 12.2 Å². The van der Waals surface area contributed by atoms with Gasteiger partial charge < -0.3 is 19.3 Å². The SMILES string of the molecule is C=C1C(=O)[C@]23C[C@H]1CC[C@H]2[C@]12[C@H](CCC(C)(C)[C@H]1[C@H](OCC)O[C@@H]2O)OC3=O. The second-order valence-electron chi connectivity index (χ2n) is 10.1. The van der Waals surface area contributed by atoms with Gasteiger partial charge >= 0.3 is 5.97 Å². The molecule has 0 amide bonds. The highest BCUT2D eigenvalue weighted by atomic mass is 16.7. The number of hydrogen-bond donors (Lipinski definition) is 1. The van der Waals surface area contributed by atoms with E-state index >= 15 is 0 Å². The van der Waals surface area contributed by atoms with Gasteiger partial charge in [0, 0.05) is 12.5 Å². The predicted molar refractivity (Wildman–Crippen MR) is 98.7 cm³/mol. The van der Waals surface area contributed by atoms with Crippen LogP contribution in [0.5, 0.6) is 0 Å². The normalized spacial score (nSPS) is 51.4. The zero-order chi connectivity index (χ0) is 20.1. The molecule has 2 spiro atoms. The molecule has 0 radical (unpaired) electrons. The quantitative estimate of drug-likeness (QED) is 0.443. The van der Waals surface area contributed by atoms with Crippen LogP contribution in [0.4, 0.5) is 0 Å². The van der Waals surface area contributed by atoms with E-state index in [0.717, 1.165) is 12.8 Å². The van der Waals surface area contributed by atoms with Crippen LogP contribution in [0.3, 0.4) is 0 Å². The number of ketones is 1. The van der Waals surface area contributed by atoms with Gasteiger partial charge in [0.15, 0.2) is 18.4 Å². The lowest BCUT2D eigenvalue weighted by atomic mass is 9.43. The summed E-state index contributed by atoms with van der Waals surface area (Å²) in [6, 6.07) is 0. The van der Waals surface area contributed by atoms with Gasteiger partial charge in [-0.05, 0) is 61.9 Å². The highest BCUT2D eigenvalue weighted by molar-refractivity contribution is 6.15. The molecule has 3 aliphatic carbocycles. The fourth-order valence-corrected chi connectivity index (χ4v) is 7.60. The van der Waals surface area contributed by atoms with Gasteiger partial charge in [-0.1, -0.05) is 20.4 Å². The molecule has 3 saturated carbocycles. The third-order valence-corrected chi connectivity index (χ3v) is 8.66. The number of carbonyl (C=O) groups excluding carboxylic acids is 2. The maximum atomic E-state index is 13.3. The van der Waals surface area contributed by atoms with E-state index in [1.807, 2.05) is 6.92 Å². The van der Waals surface area contributed by atoms with Crippen molar-refractivity contribution in [3.05, 3.63) is 12.2 Å². The molecular formula is C22H30O6. The van der Waals surface area contributed by atoms with E-state index in [1.54, 1.807) is 0 Å². The fourth-order valence-electron chi connectivity index (χ4n) is 7.60. The zero-order valence-electron chi connectivity index (χ0n) is 16.9. The molecule has 154 valence electrons. The lowest BCUT2D eigenvalue weighted by molar-refractivity contribution is -0.268. The first kappa shape index (κ1) is 18.8. The summed E-state index contributed by atoms with van der Waals surface area (Å²) in [5, 5.41) is 11.3. The molecule has 8 atom stereocenters. The summed E-state index contributed by atoms with van der Waals surface area (Å²) in [5.74, 6) is -0.998. The Kier molecular flexibility index (Phi) is 3.80. The second kappa shape index (κ2) is 5.67. The summed E-state index contributed by atoms with van der Waals surface area (Å²) < 4.78 is 17.9. The Hall–Kier alpha value is -1.24. The van der Waals surface area contributed by atoms with Crippen LogP contribution >= 0.6 is 0 Å². The van der Waals surface area contributed by atoms with Gasteiger partial charge in [-0.3, -0.25) is 9.59 Å². The van der Waals surface area contributed by atoms with Gasteiger partial charge in [0.25, 0.3) is 0 Å². The third kappa shape index (κ3) is 1.90. The third-order valence-electron chi connectivity index (χ3n) is 8.66. The molecule has 0 aromatic rings. The van der Waals surface area contributed by atoms with E-state index in [-0.39, 0.29) is 29.0 Å². The van der Waals surface area contributed by atoms with Gasteiger partial charge in [0.1, 0.15) is 11.5 Å². The first-order valence-corrected chi connectivity index (χ1v) is 10.6.